The first-order chi connectivity index (χ1) is 17.3. The number of carbonyl (C=O) groups excluding carboxylic acids is 2. The molecule has 0 spiro atoms. The minimum atomic E-state index is -3.97. The van der Waals surface area contributed by atoms with Crippen molar-refractivity contribution in [1.82, 2.24) is 5.32 Å². The zero-order valence-electron chi connectivity index (χ0n) is 20.7. The van der Waals surface area contributed by atoms with Gasteiger partial charge in [0.15, 0.2) is 11.9 Å². The van der Waals surface area contributed by atoms with E-state index in [0.717, 1.165) is 11.1 Å². The number of rotatable bonds is 11. The molecule has 0 saturated carbocycles. The third kappa shape index (κ3) is 6.79. The van der Waals surface area contributed by atoms with E-state index >= 15 is 0 Å². The van der Waals surface area contributed by atoms with Crippen LogP contribution in [0.5, 0.6) is 0 Å². The summed E-state index contributed by atoms with van der Waals surface area (Å²) in [7, 11) is -0.368. The SMILES string of the molecule is COC(=O)[C@H]1O[C@@H](P(=O)(OC)OC)[C@H](NC(C)=O)[C@@H](OCc2ccccc2)[C@@H]1OCc1ccccc1. The Morgan fingerprint density at radius 3 is 1.81 bits per heavy atom. The van der Waals surface area contributed by atoms with Gasteiger partial charge in [0.2, 0.25) is 5.91 Å². The molecular formula is C25H32NO9P. The summed E-state index contributed by atoms with van der Waals surface area (Å²) >= 11 is 0. The van der Waals surface area contributed by atoms with Gasteiger partial charge in [0.25, 0.3) is 0 Å². The number of amides is 1. The van der Waals surface area contributed by atoms with E-state index in [1.54, 1.807) is 0 Å². The highest BCUT2D eigenvalue weighted by atomic mass is 31.2. The highest BCUT2D eigenvalue weighted by Crippen LogP contribution is 2.56. The zero-order chi connectivity index (χ0) is 26.1. The molecule has 36 heavy (non-hydrogen) atoms. The van der Waals surface area contributed by atoms with Gasteiger partial charge in [-0.2, -0.15) is 0 Å². The Kier molecular flexibility index (Phi) is 10.2. The van der Waals surface area contributed by atoms with Crippen molar-refractivity contribution in [3.8, 4) is 0 Å². The number of benzene rings is 2. The Bertz CT molecular complexity index is 1030. The van der Waals surface area contributed by atoms with Crippen molar-refractivity contribution in [2.45, 2.75) is 50.3 Å². The van der Waals surface area contributed by atoms with Crippen LogP contribution in [-0.2, 0) is 55.4 Å². The standard InChI is InChI=1S/C25H32NO9P/c1-17(27)26-20-21(33-15-18-11-7-5-8-12-18)22(34-16-19-13-9-6-10-14-19)23(24(28)30-2)35-25(20)36(29,31-3)32-4/h5-14,20-23,25H,15-16H2,1-4H3,(H,26,27)/t20-,21-,22+,23+,25+/m1/s1. The normalized spacial score (nSPS) is 24.2. The predicted octanol–water partition coefficient (Wildman–Crippen LogP) is 3.05. The number of hydrogen-bond acceptors (Lipinski definition) is 9. The van der Waals surface area contributed by atoms with E-state index in [-0.39, 0.29) is 13.2 Å². The second-order valence-corrected chi connectivity index (χ2v) is 10.4. The summed E-state index contributed by atoms with van der Waals surface area (Å²) < 4.78 is 47.2. The van der Waals surface area contributed by atoms with Crippen LogP contribution in [0.2, 0.25) is 0 Å². The fraction of sp³-hybridized carbons (Fsp3) is 0.440. The lowest BCUT2D eigenvalue weighted by atomic mass is 9.96. The fourth-order valence-corrected chi connectivity index (χ4v) is 5.50. The van der Waals surface area contributed by atoms with Gasteiger partial charge in [0, 0.05) is 21.1 Å². The summed E-state index contributed by atoms with van der Waals surface area (Å²) in [5.41, 5.74) is 1.70. The molecule has 3 rings (SSSR count). The molecular weight excluding hydrogens is 489 g/mol. The minimum absolute atomic E-state index is 0.122. The van der Waals surface area contributed by atoms with Gasteiger partial charge < -0.3 is 33.3 Å². The summed E-state index contributed by atoms with van der Waals surface area (Å²) in [6.45, 7) is 1.55. The maximum atomic E-state index is 13.5. The van der Waals surface area contributed by atoms with Gasteiger partial charge in [-0.15, -0.1) is 0 Å². The molecule has 1 fully saturated rings. The van der Waals surface area contributed by atoms with Crippen LogP contribution in [0.1, 0.15) is 18.1 Å². The molecule has 1 heterocycles. The molecule has 0 aromatic heterocycles. The molecule has 0 unspecified atom stereocenters. The topological polar surface area (TPSA) is 119 Å². The maximum absolute atomic E-state index is 13.5. The van der Waals surface area contributed by atoms with E-state index in [1.165, 1.54) is 28.3 Å². The lowest BCUT2D eigenvalue weighted by molar-refractivity contribution is -0.218. The summed E-state index contributed by atoms with van der Waals surface area (Å²) in [5.74, 6) is -2.57. The highest BCUT2D eigenvalue weighted by molar-refractivity contribution is 7.54. The Balaban J connectivity index is 2.03. The van der Waals surface area contributed by atoms with Gasteiger partial charge in [-0.3, -0.25) is 9.36 Å². The first kappa shape index (κ1) is 28.0. The van der Waals surface area contributed by atoms with Crippen molar-refractivity contribution in [2.75, 3.05) is 21.3 Å². The van der Waals surface area contributed by atoms with E-state index in [9.17, 15) is 14.2 Å². The number of methoxy groups -OCH3 is 1. The quantitative estimate of drug-likeness (QED) is 0.352. The van der Waals surface area contributed by atoms with Crippen LogP contribution in [-0.4, -0.2) is 63.4 Å². The van der Waals surface area contributed by atoms with Crippen LogP contribution in [0.3, 0.4) is 0 Å². The molecule has 1 amide bonds. The zero-order valence-corrected chi connectivity index (χ0v) is 21.6. The molecule has 10 nitrogen and oxygen atoms in total. The number of carbonyl (C=O) groups is 2. The van der Waals surface area contributed by atoms with Gasteiger partial charge in [-0.1, -0.05) is 60.7 Å². The molecule has 5 atom stereocenters. The number of ether oxygens (including phenoxy) is 4. The van der Waals surface area contributed by atoms with Gasteiger partial charge in [0.1, 0.15) is 12.2 Å². The van der Waals surface area contributed by atoms with Crippen LogP contribution in [0.4, 0.5) is 0 Å². The number of hydrogen-bond donors (Lipinski definition) is 1. The van der Waals surface area contributed by atoms with Gasteiger partial charge in [-0.05, 0) is 11.1 Å². The van der Waals surface area contributed by atoms with Crippen molar-refractivity contribution >= 4 is 19.5 Å². The molecule has 1 aliphatic rings. The third-order valence-electron chi connectivity index (χ3n) is 5.76. The van der Waals surface area contributed by atoms with E-state index in [1.807, 2.05) is 60.7 Å². The van der Waals surface area contributed by atoms with E-state index < -0.39 is 49.7 Å². The molecule has 1 aliphatic heterocycles. The second kappa shape index (κ2) is 13.1. The molecule has 0 bridgehead atoms. The summed E-state index contributed by atoms with van der Waals surface area (Å²) in [6.07, 6.45) is -3.36. The average Bonchev–Trinajstić information content (AvgIpc) is 2.91. The molecule has 196 valence electrons. The smallest absolute Gasteiger partial charge is 0.360 e. The Morgan fingerprint density at radius 1 is 0.861 bits per heavy atom. The van der Waals surface area contributed by atoms with Crippen molar-refractivity contribution < 1.29 is 42.1 Å². The largest absolute Gasteiger partial charge is 0.467 e. The van der Waals surface area contributed by atoms with Crippen LogP contribution >= 0.6 is 7.60 Å². The lowest BCUT2D eigenvalue weighted by Gasteiger charge is -2.46. The van der Waals surface area contributed by atoms with Crippen LogP contribution in [0.15, 0.2) is 60.7 Å². The average molecular weight is 522 g/mol. The van der Waals surface area contributed by atoms with Crippen molar-refractivity contribution in [1.29, 1.82) is 0 Å². The molecule has 2 aromatic carbocycles. The van der Waals surface area contributed by atoms with Gasteiger partial charge >= 0.3 is 13.6 Å². The highest BCUT2D eigenvalue weighted by Gasteiger charge is 2.57. The number of esters is 1. The lowest BCUT2D eigenvalue weighted by Crippen LogP contribution is -2.66. The van der Waals surface area contributed by atoms with E-state index in [0.29, 0.717) is 0 Å². The maximum Gasteiger partial charge on any atom is 0.360 e. The summed E-state index contributed by atoms with van der Waals surface area (Å²) in [4.78, 5) is 25.1. The molecule has 1 saturated heterocycles. The Morgan fingerprint density at radius 2 is 1.36 bits per heavy atom. The summed E-state index contributed by atoms with van der Waals surface area (Å²) in [6, 6.07) is 17.6. The van der Waals surface area contributed by atoms with Crippen molar-refractivity contribution in [3.63, 3.8) is 0 Å². The Hall–Kier alpha value is -2.59. The molecule has 1 N–H and O–H groups in total. The molecule has 11 heteroatoms. The Labute approximate surface area is 210 Å². The monoisotopic (exact) mass is 521 g/mol. The van der Waals surface area contributed by atoms with Gasteiger partial charge in [0.05, 0.1) is 26.4 Å². The first-order valence-corrected chi connectivity index (χ1v) is 13.0. The van der Waals surface area contributed by atoms with Gasteiger partial charge in [-0.25, -0.2) is 4.79 Å². The minimum Gasteiger partial charge on any atom is -0.467 e. The molecule has 2 aromatic rings. The number of nitrogens with one attached hydrogen (secondary N) is 1. The third-order valence-corrected chi connectivity index (χ3v) is 7.85. The van der Waals surface area contributed by atoms with Crippen LogP contribution < -0.4 is 5.32 Å². The van der Waals surface area contributed by atoms with Crippen LogP contribution in [0.25, 0.3) is 0 Å². The summed E-state index contributed by atoms with van der Waals surface area (Å²) in [5, 5.41) is 2.74. The molecule has 0 aliphatic carbocycles. The second-order valence-electron chi connectivity index (χ2n) is 8.12. The van der Waals surface area contributed by atoms with Crippen molar-refractivity contribution in [2.24, 2.45) is 0 Å². The predicted molar refractivity (Wildman–Crippen MR) is 130 cm³/mol. The van der Waals surface area contributed by atoms with E-state index in [2.05, 4.69) is 5.32 Å². The first-order valence-electron chi connectivity index (χ1n) is 11.4. The van der Waals surface area contributed by atoms with Crippen molar-refractivity contribution in [3.05, 3.63) is 71.8 Å². The van der Waals surface area contributed by atoms with Crippen LogP contribution in [0, 0.1) is 0 Å². The molecule has 0 radical (unpaired) electrons. The fourth-order valence-electron chi connectivity index (χ4n) is 4.01. The van der Waals surface area contributed by atoms with E-state index in [4.69, 9.17) is 28.0 Å².